The number of carbonyl (C=O) groups excluding carboxylic acids is 1. The quantitative estimate of drug-likeness (QED) is 0.816. The van der Waals surface area contributed by atoms with Gasteiger partial charge in [-0.25, -0.2) is 0 Å². The second-order valence-electron chi connectivity index (χ2n) is 4.11. The van der Waals surface area contributed by atoms with E-state index in [1.54, 1.807) is 37.2 Å². The van der Waals surface area contributed by atoms with Gasteiger partial charge in [0.05, 0.1) is 23.2 Å². The van der Waals surface area contributed by atoms with Crippen molar-refractivity contribution in [2.24, 2.45) is 0 Å². The van der Waals surface area contributed by atoms with Crippen molar-refractivity contribution in [2.75, 3.05) is 0 Å². The number of Topliss-reactive ketones (excluding diaryl/α,β-unsaturated/α-hetero) is 1. The molecule has 2 aromatic heterocycles. The van der Waals surface area contributed by atoms with Crippen molar-refractivity contribution in [3.63, 3.8) is 0 Å². The maximum absolute atomic E-state index is 12.3. The molecule has 0 spiro atoms. The lowest BCUT2D eigenvalue weighted by atomic mass is 9.91. The first-order valence-electron chi connectivity index (χ1n) is 5.75. The molecule has 2 atom stereocenters. The maximum atomic E-state index is 12.3. The summed E-state index contributed by atoms with van der Waals surface area (Å²) in [5.41, 5.74) is 1.36. The van der Waals surface area contributed by atoms with Gasteiger partial charge >= 0.3 is 0 Å². The van der Waals surface area contributed by atoms with Crippen LogP contribution in [0, 0.1) is 0 Å². The highest BCUT2D eigenvalue weighted by molar-refractivity contribution is 5.90. The van der Waals surface area contributed by atoms with Crippen LogP contribution in [0.25, 0.3) is 0 Å². The van der Waals surface area contributed by atoms with Crippen LogP contribution in [0.1, 0.15) is 37.1 Å². The van der Waals surface area contributed by atoms with Gasteiger partial charge < -0.3 is 0 Å². The third kappa shape index (κ3) is 2.56. The van der Waals surface area contributed by atoms with E-state index in [9.17, 15) is 4.79 Å². The van der Waals surface area contributed by atoms with Gasteiger partial charge in [0.25, 0.3) is 0 Å². The summed E-state index contributed by atoms with van der Waals surface area (Å²) in [4.78, 5) is 28.6. The molecule has 18 heavy (non-hydrogen) atoms. The van der Waals surface area contributed by atoms with E-state index in [0.29, 0.717) is 11.4 Å². The van der Waals surface area contributed by atoms with Crippen LogP contribution in [0.2, 0.25) is 0 Å². The average Bonchev–Trinajstić information content (AvgIpc) is 2.47. The molecule has 0 saturated carbocycles. The number of rotatable bonds is 4. The molecule has 0 saturated heterocycles. The molecular formula is C13H14N4O. The Hall–Kier alpha value is -2.17. The van der Waals surface area contributed by atoms with Crippen molar-refractivity contribution in [1.29, 1.82) is 0 Å². The number of nitrogens with zero attached hydrogens (tertiary/aromatic N) is 4. The average molecular weight is 242 g/mol. The fourth-order valence-corrected chi connectivity index (χ4v) is 1.73. The Morgan fingerprint density at radius 3 is 1.67 bits per heavy atom. The summed E-state index contributed by atoms with van der Waals surface area (Å²) in [6.45, 7) is 3.67. The number of hydrogen-bond acceptors (Lipinski definition) is 5. The summed E-state index contributed by atoms with van der Waals surface area (Å²) in [6, 6.07) is 0. The topological polar surface area (TPSA) is 68.6 Å². The first kappa shape index (κ1) is 12.3. The van der Waals surface area contributed by atoms with E-state index >= 15 is 0 Å². The molecule has 0 radical (unpaired) electrons. The zero-order chi connectivity index (χ0) is 13.0. The van der Waals surface area contributed by atoms with Crippen LogP contribution in [0.3, 0.4) is 0 Å². The molecule has 0 aromatic carbocycles. The third-order valence-corrected chi connectivity index (χ3v) is 2.91. The molecule has 2 aromatic rings. The van der Waals surface area contributed by atoms with Crippen molar-refractivity contribution >= 4 is 5.78 Å². The van der Waals surface area contributed by atoms with E-state index in [4.69, 9.17) is 0 Å². The Bertz CT molecular complexity index is 468. The molecular weight excluding hydrogens is 228 g/mol. The fourth-order valence-electron chi connectivity index (χ4n) is 1.73. The zero-order valence-electron chi connectivity index (χ0n) is 10.3. The highest BCUT2D eigenvalue weighted by Crippen LogP contribution is 2.22. The molecule has 5 heteroatoms. The molecule has 2 heterocycles. The minimum absolute atomic E-state index is 0.0657. The summed E-state index contributed by atoms with van der Waals surface area (Å²) >= 11 is 0. The van der Waals surface area contributed by atoms with Gasteiger partial charge in [0.2, 0.25) is 0 Å². The fraction of sp³-hybridized carbons (Fsp3) is 0.308. The molecule has 2 unspecified atom stereocenters. The van der Waals surface area contributed by atoms with Gasteiger partial charge in [-0.1, -0.05) is 0 Å². The summed E-state index contributed by atoms with van der Waals surface area (Å²) in [6.07, 6.45) is 9.59. The minimum atomic E-state index is -0.296. The van der Waals surface area contributed by atoms with Gasteiger partial charge in [-0.3, -0.25) is 24.7 Å². The normalized spacial score (nSPS) is 13.9. The molecule has 0 aliphatic carbocycles. The van der Waals surface area contributed by atoms with Crippen LogP contribution < -0.4 is 0 Å². The van der Waals surface area contributed by atoms with E-state index < -0.39 is 0 Å². The Morgan fingerprint density at radius 1 is 0.889 bits per heavy atom. The molecule has 0 amide bonds. The molecule has 0 N–H and O–H groups in total. The number of ketones is 1. The molecule has 0 aliphatic rings. The molecule has 0 fully saturated rings. The van der Waals surface area contributed by atoms with Gasteiger partial charge in [0.1, 0.15) is 5.78 Å². The van der Waals surface area contributed by atoms with Crippen LogP contribution in [-0.4, -0.2) is 25.7 Å². The van der Waals surface area contributed by atoms with Crippen LogP contribution in [0.4, 0.5) is 0 Å². The molecule has 5 nitrogen and oxygen atoms in total. The first-order valence-corrected chi connectivity index (χ1v) is 5.75. The Balaban J connectivity index is 2.17. The number of carbonyl (C=O) groups is 1. The largest absolute Gasteiger partial charge is 0.298 e. The summed E-state index contributed by atoms with van der Waals surface area (Å²) < 4.78 is 0. The highest BCUT2D eigenvalue weighted by Gasteiger charge is 2.24. The summed E-state index contributed by atoms with van der Waals surface area (Å²) in [5.74, 6) is -0.526. The maximum Gasteiger partial charge on any atom is 0.150 e. The summed E-state index contributed by atoms with van der Waals surface area (Å²) in [5, 5.41) is 0. The molecule has 2 rings (SSSR count). The van der Waals surface area contributed by atoms with Crippen molar-refractivity contribution in [3.8, 4) is 0 Å². The van der Waals surface area contributed by atoms with E-state index in [1.807, 2.05) is 13.8 Å². The Labute approximate surface area is 105 Å². The van der Waals surface area contributed by atoms with Gasteiger partial charge in [-0.2, -0.15) is 0 Å². The Kier molecular flexibility index (Phi) is 3.72. The zero-order valence-corrected chi connectivity index (χ0v) is 10.3. The van der Waals surface area contributed by atoms with Crippen LogP contribution in [-0.2, 0) is 4.79 Å². The van der Waals surface area contributed by atoms with Gasteiger partial charge in [0, 0.05) is 37.2 Å². The number of hydrogen-bond donors (Lipinski definition) is 0. The van der Waals surface area contributed by atoms with Crippen LogP contribution in [0.15, 0.2) is 37.2 Å². The monoisotopic (exact) mass is 242 g/mol. The molecule has 0 aliphatic heterocycles. The lowest BCUT2D eigenvalue weighted by Crippen LogP contribution is -2.18. The predicted octanol–water partition coefficient (Wildman–Crippen LogP) is 1.74. The van der Waals surface area contributed by atoms with Crippen molar-refractivity contribution in [1.82, 2.24) is 19.9 Å². The number of aromatic nitrogens is 4. The van der Waals surface area contributed by atoms with Gasteiger partial charge in [-0.15, -0.1) is 0 Å². The molecule has 92 valence electrons. The lowest BCUT2D eigenvalue weighted by Gasteiger charge is -2.14. The minimum Gasteiger partial charge on any atom is -0.298 e. The van der Waals surface area contributed by atoms with E-state index in [2.05, 4.69) is 19.9 Å². The second kappa shape index (κ2) is 5.44. The smallest absolute Gasteiger partial charge is 0.150 e. The Morgan fingerprint density at radius 2 is 1.33 bits per heavy atom. The lowest BCUT2D eigenvalue weighted by molar-refractivity contribution is -0.121. The van der Waals surface area contributed by atoms with Crippen LogP contribution in [0.5, 0.6) is 0 Å². The van der Waals surface area contributed by atoms with E-state index in [-0.39, 0.29) is 17.6 Å². The predicted molar refractivity (Wildman–Crippen MR) is 65.9 cm³/mol. The first-order chi connectivity index (χ1) is 8.70. The van der Waals surface area contributed by atoms with Gasteiger partial charge in [-0.05, 0) is 13.8 Å². The second-order valence-corrected chi connectivity index (χ2v) is 4.11. The van der Waals surface area contributed by atoms with Gasteiger partial charge in [0.15, 0.2) is 0 Å². The van der Waals surface area contributed by atoms with E-state index in [1.165, 1.54) is 0 Å². The van der Waals surface area contributed by atoms with Crippen LogP contribution >= 0.6 is 0 Å². The van der Waals surface area contributed by atoms with Crippen molar-refractivity contribution in [3.05, 3.63) is 48.6 Å². The third-order valence-electron chi connectivity index (χ3n) is 2.91. The van der Waals surface area contributed by atoms with Crippen molar-refractivity contribution in [2.45, 2.75) is 25.7 Å². The standard InChI is InChI=1S/C13H14N4O/c1-9(11-7-14-3-5-16-11)13(18)10(2)12-8-15-4-6-17-12/h3-10H,1-2H3. The van der Waals surface area contributed by atoms with Crippen molar-refractivity contribution < 1.29 is 4.79 Å². The SMILES string of the molecule is CC(C(=O)C(C)c1cnccn1)c1cnccn1. The highest BCUT2D eigenvalue weighted by atomic mass is 16.1. The summed E-state index contributed by atoms with van der Waals surface area (Å²) in [7, 11) is 0. The molecule has 0 bridgehead atoms. The van der Waals surface area contributed by atoms with E-state index in [0.717, 1.165) is 0 Å².